The number of aryl methyl sites for hydroxylation is 1. The number of aromatic amines is 1. The Hall–Kier alpha value is -3.68. The minimum atomic E-state index is -0.960. The van der Waals surface area contributed by atoms with Gasteiger partial charge in [0.05, 0.1) is 0 Å². The molecule has 1 aliphatic carbocycles. The van der Waals surface area contributed by atoms with E-state index in [1.54, 1.807) is 0 Å². The molecule has 5 rings (SSSR count). The summed E-state index contributed by atoms with van der Waals surface area (Å²) >= 11 is 0. The number of hydrogen-bond acceptors (Lipinski definition) is 5. The molecule has 8 nitrogen and oxygen atoms in total. The quantitative estimate of drug-likeness (QED) is 0.444. The number of piperidine rings is 1. The highest BCUT2D eigenvalue weighted by Gasteiger charge is 2.29. The van der Waals surface area contributed by atoms with E-state index in [2.05, 4.69) is 50.8 Å². The number of nitrogens with zero attached hydrogens (tertiary/aromatic N) is 3. The third kappa shape index (κ3) is 4.85. The van der Waals surface area contributed by atoms with Crippen molar-refractivity contribution in [3.63, 3.8) is 0 Å². The average molecular weight is 488 g/mol. The second-order valence-corrected chi connectivity index (χ2v) is 10.0. The van der Waals surface area contributed by atoms with Gasteiger partial charge in [0.15, 0.2) is 5.82 Å². The summed E-state index contributed by atoms with van der Waals surface area (Å²) in [6.07, 6.45) is 5.08. The van der Waals surface area contributed by atoms with Crippen LogP contribution in [-0.2, 0) is 11.2 Å². The number of hydrogen-bond donors (Lipinski definition) is 3. The molecule has 1 aromatic heterocycles. The number of aromatic nitrogens is 3. The third-order valence-electron chi connectivity index (χ3n) is 7.73. The van der Waals surface area contributed by atoms with Crippen LogP contribution in [0.3, 0.4) is 0 Å². The summed E-state index contributed by atoms with van der Waals surface area (Å²) in [7, 11) is 1.92. The summed E-state index contributed by atoms with van der Waals surface area (Å²) in [6, 6.07) is 12.6. The molecule has 0 spiro atoms. The second kappa shape index (κ2) is 10.1. The summed E-state index contributed by atoms with van der Waals surface area (Å²) < 4.78 is 0. The molecule has 3 aromatic rings. The zero-order chi connectivity index (χ0) is 25.2. The molecule has 3 N–H and O–H groups in total. The Morgan fingerprint density at radius 1 is 1.06 bits per heavy atom. The Bertz CT molecular complexity index is 1250. The van der Waals surface area contributed by atoms with Gasteiger partial charge in [-0.2, -0.15) is 0 Å². The first-order chi connectivity index (χ1) is 17.4. The maximum atomic E-state index is 13.6. The van der Waals surface area contributed by atoms with Crippen LogP contribution < -0.4 is 5.32 Å². The molecule has 2 aliphatic rings. The number of carbonyl (C=O) groups is 2. The molecule has 1 saturated heterocycles. The van der Waals surface area contributed by atoms with E-state index in [9.17, 15) is 9.59 Å². The second-order valence-electron chi connectivity index (χ2n) is 10.0. The van der Waals surface area contributed by atoms with Gasteiger partial charge in [0.2, 0.25) is 0 Å². The zero-order valence-corrected chi connectivity index (χ0v) is 20.9. The molecular weight excluding hydrogens is 454 g/mol. The van der Waals surface area contributed by atoms with E-state index in [0.717, 1.165) is 61.2 Å². The normalized spacial score (nSPS) is 16.6. The number of benzene rings is 2. The summed E-state index contributed by atoms with van der Waals surface area (Å²) in [5.74, 6) is 0.822. The summed E-state index contributed by atoms with van der Waals surface area (Å²) in [5.41, 5.74) is 6.10. The lowest BCUT2D eigenvalue weighted by Gasteiger charge is -2.33. The van der Waals surface area contributed by atoms with Gasteiger partial charge in [-0.3, -0.25) is 9.59 Å². The Morgan fingerprint density at radius 3 is 2.39 bits per heavy atom. The fourth-order valence-corrected chi connectivity index (χ4v) is 5.37. The number of nitrogens with one attached hydrogen (secondary N) is 2. The molecule has 1 aliphatic heterocycles. The molecule has 1 saturated carbocycles. The molecule has 0 atom stereocenters. The van der Waals surface area contributed by atoms with Crippen LogP contribution in [0.2, 0.25) is 0 Å². The summed E-state index contributed by atoms with van der Waals surface area (Å²) in [4.78, 5) is 29.8. The van der Waals surface area contributed by atoms with Gasteiger partial charge in [-0.05, 0) is 79.3 Å². The monoisotopic (exact) mass is 487 g/mol. The first kappa shape index (κ1) is 24.0. The number of H-pyrrole nitrogens is 1. The van der Waals surface area contributed by atoms with Crippen molar-refractivity contribution in [2.75, 3.05) is 25.5 Å². The maximum Gasteiger partial charge on any atom is 0.311 e. The Kier molecular flexibility index (Phi) is 6.76. The predicted molar refractivity (Wildman–Crippen MR) is 138 cm³/mol. The highest BCUT2D eigenvalue weighted by molar-refractivity contribution is 5.97. The van der Waals surface area contributed by atoms with E-state index >= 15 is 0 Å². The van der Waals surface area contributed by atoms with E-state index in [0.29, 0.717) is 29.0 Å². The lowest BCUT2D eigenvalue weighted by atomic mass is 9.77. The van der Waals surface area contributed by atoms with Crippen molar-refractivity contribution >= 4 is 17.6 Å². The third-order valence-corrected chi connectivity index (χ3v) is 7.73. The van der Waals surface area contributed by atoms with E-state index in [-0.39, 0.29) is 12.3 Å². The van der Waals surface area contributed by atoms with Gasteiger partial charge in [-0.25, -0.2) is 0 Å². The molecule has 2 fully saturated rings. The summed E-state index contributed by atoms with van der Waals surface area (Å²) in [5, 5.41) is 20.5. The van der Waals surface area contributed by atoms with Crippen molar-refractivity contribution < 1.29 is 14.7 Å². The lowest BCUT2D eigenvalue weighted by molar-refractivity contribution is -0.136. The topological polar surface area (TPSA) is 111 Å². The van der Waals surface area contributed by atoms with Gasteiger partial charge in [-0.1, -0.05) is 24.6 Å². The molecule has 2 aromatic carbocycles. The van der Waals surface area contributed by atoms with Crippen LogP contribution in [0.15, 0.2) is 36.4 Å². The molecule has 2 heterocycles. The number of rotatable bonds is 7. The molecule has 0 unspecified atom stereocenters. The molecular formula is C28H33N5O3. The van der Waals surface area contributed by atoms with Crippen molar-refractivity contribution in [1.82, 2.24) is 20.1 Å². The number of amides is 1. The van der Waals surface area contributed by atoms with Crippen LogP contribution in [0.4, 0.5) is 5.69 Å². The van der Waals surface area contributed by atoms with Gasteiger partial charge in [0.25, 0.3) is 5.91 Å². The minimum Gasteiger partial charge on any atom is -0.481 e. The van der Waals surface area contributed by atoms with E-state index in [4.69, 9.17) is 5.11 Å². The number of carbonyl (C=O) groups excluding carboxylic acids is 1. The summed E-state index contributed by atoms with van der Waals surface area (Å²) in [6.45, 7) is 3.45. The van der Waals surface area contributed by atoms with Gasteiger partial charge in [-0.15, -0.1) is 10.2 Å². The van der Waals surface area contributed by atoms with E-state index in [1.165, 1.54) is 12.0 Å². The highest BCUT2D eigenvalue weighted by atomic mass is 16.4. The number of likely N-dealkylation sites (tertiary alicyclic amines) is 1. The van der Waals surface area contributed by atoms with Gasteiger partial charge in [0, 0.05) is 37.0 Å². The fraction of sp³-hybridized carbons (Fsp3) is 0.429. The lowest BCUT2D eigenvalue weighted by Crippen LogP contribution is -2.38. The van der Waals surface area contributed by atoms with E-state index in [1.807, 2.05) is 24.9 Å². The van der Waals surface area contributed by atoms with Crippen molar-refractivity contribution in [1.29, 1.82) is 0 Å². The van der Waals surface area contributed by atoms with Crippen LogP contribution in [0.5, 0.6) is 0 Å². The number of carboxylic acid groups (broad SMARTS) is 1. The largest absolute Gasteiger partial charge is 0.481 e. The highest BCUT2D eigenvalue weighted by Crippen LogP contribution is 2.42. The number of carboxylic acids is 1. The Balaban J connectivity index is 1.37. The number of aliphatic carboxylic acids is 1. The Labute approximate surface area is 211 Å². The van der Waals surface area contributed by atoms with Crippen LogP contribution >= 0.6 is 0 Å². The minimum absolute atomic E-state index is 0.0446. The predicted octanol–water partition coefficient (Wildman–Crippen LogP) is 4.74. The van der Waals surface area contributed by atoms with Gasteiger partial charge in [0.1, 0.15) is 12.2 Å². The smallest absolute Gasteiger partial charge is 0.311 e. The first-order valence-corrected chi connectivity index (χ1v) is 12.8. The molecule has 0 bridgehead atoms. The zero-order valence-electron chi connectivity index (χ0n) is 20.9. The van der Waals surface area contributed by atoms with Crippen LogP contribution in [0.25, 0.3) is 11.4 Å². The standard InChI is InChI=1S/C28H33N5O3/c1-17-14-23(20-4-3-5-20)24(27-30-25(31-32-27)16-26(34)35)15-22(17)28(36)33-12-10-19(11-13-33)18-6-8-21(29-2)9-7-18/h6-9,14-15,19-20,29H,3-5,10-13,16H2,1-2H3,(H,34,35)(H,30,31,32). The first-order valence-electron chi connectivity index (χ1n) is 12.8. The number of anilines is 1. The molecule has 8 heteroatoms. The van der Waals surface area contributed by atoms with Crippen LogP contribution in [0.1, 0.15) is 76.8 Å². The molecule has 1 amide bonds. The molecule has 0 radical (unpaired) electrons. The van der Waals surface area contributed by atoms with Crippen LogP contribution in [-0.4, -0.2) is 57.2 Å². The molecule has 36 heavy (non-hydrogen) atoms. The van der Waals surface area contributed by atoms with Crippen molar-refractivity contribution in [2.24, 2.45) is 0 Å². The van der Waals surface area contributed by atoms with Crippen molar-refractivity contribution in [3.05, 3.63) is 64.5 Å². The fourth-order valence-electron chi connectivity index (χ4n) is 5.37. The van der Waals surface area contributed by atoms with Crippen molar-refractivity contribution in [3.8, 4) is 11.4 Å². The van der Waals surface area contributed by atoms with E-state index < -0.39 is 5.97 Å². The van der Waals surface area contributed by atoms with Crippen molar-refractivity contribution in [2.45, 2.75) is 57.3 Å². The maximum absolute atomic E-state index is 13.6. The van der Waals surface area contributed by atoms with Gasteiger partial charge < -0.3 is 20.3 Å². The van der Waals surface area contributed by atoms with Crippen LogP contribution in [0, 0.1) is 6.92 Å². The Morgan fingerprint density at radius 2 is 1.78 bits per heavy atom. The molecule has 188 valence electrons. The SMILES string of the molecule is CNc1ccc(C2CCN(C(=O)c3cc(-c4nnc(CC(=O)O)[nH]4)c(C4CCC4)cc3C)CC2)cc1. The van der Waals surface area contributed by atoms with Gasteiger partial charge >= 0.3 is 5.97 Å². The average Bonchev–Trinajstić information content (AvgIpc) is 3.30.